The van der Waals surface area contributed by atoms with Crippen LogP contribution in [0.1, 0.15) is 6.92 Å². The maximum Gasteiger partial charge on any atom is 0.328 e. The monoisotopic (exact) mass is 278 g/mol. The van der Waals surface area contributed by atoms with Crippen LogP contribution in [0.5, 0.6) is 0 Å². The first-order valence-corrected chi connectivity index (χ1v) is 5.69. The average molecular weight is 278 g/mol. The molecule has 0 aromatic rings. The van der Waals surface area contributed by atoms with Crippen molar-refractivity contribution in [1.29, 1.82) is 0 Å². The van der Waals surface area contributed by atoms with E-state index in [1.807, 2.05) is 0 Å². The summed E-state index contributed by atoms with van der Waals surface area (Å²) in [4.78, 5) is 10.4. The lowest BCUT2D eigenvalue weighted by Crippen LogP contribution is -2.59. The zero-order chi connectivity index (χ0) is 14.6. The highest BCUT2D eigenvalue weighted by molar-refractivity contribution is 5.80. The fourth-order valence-corrected chi connectivity index (χ4v) is 1.67. The van der Waals surface area contributed by atoms with Crippen molar-refractivity contribution in [1.82, 2.24) is 0 Å². The van der Waals surface area contributed by atoms with Crippen molar-refractivity contribution in [2.75, 3.05) is 13.2 Å². The molecule has 8 heteroatoms. The highest BCUT2D eigenvalue weighted by Crippen LogP contribution is 2.22. The van der Waals surface area contributed by atoms with Crippen LogP contribution in [-0.4, -0.2) is 75.4 Å². The Bertz CT molecular complexity index is 340. The lowest BCUT2D eigenvalue weighted by atomic mass is 9.99. The second-order valence-corrected chi connectivity index (χ2v) is 4.34. The van der Waals surface area contributed by atoms with E-state index in [0.717, 1.165) is 6.08 Å². The maximum absolute atomic E-state index is 10.4. The molecular formula is C11H18O8. The molecule has 110 valence electrons. The van der Waals surface area contributed by atoms with Crippen molar-refractivity contribution < 1.29 is 39.8 Å². The Kier molecular flexibility index (Phi) is 5.85. The van der Waals surface area contributed by atoms with Crippen LogP contribution in [0.4, 0.5) is 0 Å². The van der Waals surface area contributed by atoms with Crippen molar-refractivity contribution in [3.63, 3.8) is 0 Å². The number of rotatable bonds is 5. The van der Waals surface area contributed by atoms with E-state index in [1.54, 1.807) is 0 Å². The number of aliphatic hydroxyl groups excluding tert-OH is 4. The number of aliphatic hydroxyl groups is 4. The highest BCUT2D eigenvalue weighted by Gasteiger charge is 2.43. The van der Waals surface area contributed by atoms with E-state index in [4.69, 9.17) is 19.7 Å². The molecule has 19 heavy (non-hydrogen) atoms. The molecule has 1 fully saturated rings. The smallest absolute Gasteiger partial charge is 0.328 e. The number of carboxylic acid groups (broad SMARTS) is 1. The van der Waals surface area contributed by atoms with Gasteiger partial charge in [-0.25, -0.2) is 4.79 Å². The van der Waals surface area contributed by atoms with Crippen molar-refractivity contribution in [3.8, 4) is 0 Å². The van der Waals surface area contributed by atoms with Crippen LogP contribution < -0.4 is 0 Å². The van der Waals surface area contributed by atoms with Crippen LogP contribution in [0.15, 0.2) is 11.6 Å². The first-order chi connectivity index (χ1) is 8.86. The Morgan fingerprint density at radius 2 is 1.89 bits per heavy atom. The highest BCUT2D eigenvalue weighted by atomic mass is 16.7. The van der Waals surface area contributed by atoms with Crippen LogP contribution in [0, 0.1) is 0 Å². The number of carboxylic acids is 1. The molecule has 5 unspecified atom stereocenters. The SMILES string of the molecule is CC(=CC(=O)O)COC1OC(CO)C(O)C(O)C1O. The van der Waals surface area contributed by atoms with Gasteiger partial charge >= 0.3 is 5.97 Å². The van der Waals surface area contributed by atoms with Crippen molar-refractivity contribution in [2.24, 2.45) is 0 Å². The van der Waals surface area contributed by atoms with Gasteiger partial charge in [-0.05, 0) is 12.5 Å². The molecule has 0 aromatic heterocycles. The fourth-order valence-electron chi connectivity index (χ4n) is 1.67. The van der Waals surface area contributed by atoms with Gasteiger partial charge in [0.15, 0.2) is 6.29 Å². The van der Waals surface area contributed by atoms with E-state index < -0.39 is 43.3 Å². The summed E-state index contributed by atoms with van der Waals surface area (Å²) < 4.78 is 10.2. The number of hydrogen-bond acceptors (Lipinski definition) is 7. The van der Waals surface area contributed by atoms with Crippen LogP contribution in [-0.2, 0) is 14.3 Å². The van der Waals surface area contributed by atoms with E-state index in [2.05, 4.69) is 0 Å². The number of aliphatic carboxylic acids is 1. The predicted molar refractivity (Wildman–Crippen MR) is 61.1 cm³/mol. The molecule has 0 aromatic carbocycles. The van der Waals surface area contributed by atoms with Gasteiger partial charge in [0.1, 0.15) is 24.4 Å². The molecule has 1 saturated heterocycles. The molecule has 1 aliphatic rings. The minimum Gasteiger partial charge on any atom is -0.478 e. The summed E-state index contributed by atoms with van der Waals surface area (Å²) in [5, 5.41) is 46.1. The van der Waals surface area contributed by atoms with Crippen LogP contribution >= 0.6 is 0 Å². The second kappa shape index (κ2) is 6.94. The van der Waals surface area contributed by atoms with Gasteiger partial charge in [0.2, 0.25) is 0 Å². The third-order valence-corrected chi connectivity index (χ3v) is 2.69. The topological polar surface area (TPSA) is 137 Å². The molecule has 8 nitrogen and oxygen atoms in total. The molecule has 1 rings (SSSR count). The predicted octanol–water partition coefficient (Wildman–Crippen LogP) is -2.17. The summed E-state index contributed by atoms with van der Waals surface area (Å²) >= 11 is 0. The Morgan fingerprint density at radius 1 is 1.26 bits per heavy atom. The number of carbonyl (C=O) groups is 1. The van der Waals surface area contributed by atoms with E-state index >= 15 is 0 Å². The molecule has 0 aliphatic carbocycles. The fraction of sp³-hybridized carbons (Fsp3) is 0.727. The van der Waals surface area contributed by atoms with Gasteiger partial charge in [-0.2, -0.15) is 0 Å². The lowest BCUT2D eigenvalue weighted by molar-refractivity contribution is -0.299. The van der Waals surface area contributed by atoms with Gasteiger partial charge in [-0.3, -0.25) is 0 Å². The Hall–Kier alpha value is -1.03. The molecule has 0 radical (unpaired) electrons. The standard InChI is InChI=1S/C11H18O8/c1-5(2-7(13)14)4-18-11-10(17)9(16)8(15)6(3-12)19-11/h2,6,8-12,15-17H,3-4H2,1H3,(H,13,14). The molecule has 1 aliphatic heterocycles. The minimum absolute atomic E-state index is 0.130. The van der Waals surface area contributed by atoms with Gasteiger partial charge < -0.3 is 35.0 Å². The Morgan fingerprint density at radius 3 is 2.42 bits per heavy atom. The average Bonchev–Trinajstić information content (AvgIpc) is 2.34. The summed E-state index contributed by atoms with van der Waals surface area (Å²) in [6.07, 6.45) is -5.82. The normalized spacial score (nSPS) is 36.3. The molecule has 5 atom stereocenters. The molecule has 0 amide bonds. The van der Waals surface area contributed by atoms with Gasteiger partial charge in [0.25, 0.3) is 0 Å². The quantitative estimate of drug-likeness (QED) is 0.358. The van der Waals surface area contributed by atoms with Crippen molar-refractivity contribution in [3.05, 3.63) is 11.6 Å². The summed E-state index contributed by atoms with van der Waals surface area (Å²) in [5.74, 6) is -1.13. The first-order valence-electron chi connectivity index (χ1n) is 5.69. The summed E-state index contributed by atoms with van der Waals surface area (Å²) in [5.41, 5.74) is 0.379. The molecular weight excluding hydrogens is 260 g/mol. The van der Waals surface area contributed by atoms with E-state index in [0.29, 0.717) is 5.57 Å². The zero-order valence-electron chi connectivity index (χ0n) is 10.3. The third-order valence-electron chi connectivity index (χ3n) is 2.69. The lowest BCUT2D eigenvalue weighted by Gasteiger charge is -2.39. The van der Waals surface area contributed by atoms with E-state index in [9.17, 15) is 20.1 Å². The zero-order valence-corrected chi connectivity index (χ0v) is 10.3. The Balaban J connectivity index is 2.60. The minimum atomic E-state index is -1.51. The van der Waals surface area contributed by atoms with Crippen LogP contribution in [0.3, 0.4) is 0 Å². The van der Waals surface area contributed by atoms with Crippen LogP contribution in [0.2, 0.25) is 0 Å². The number of hydrogen-bond donors (Lipinski definition) is 5. The van der Waals surface area contributed by atoms with Crippen molar-refractivity contribution in [2.45, 2.75) is 37.6 Å². The van der Waals surface area contributed by atoms with E-state index in [-0.39, 0.29) is 6.61 Å². The third kappa shape index (κ3) is 4.23. The maximum atomic E-state index is 10.4. The summed E-state index contributed by atoms with van der Waals surface area (Å²) in [6.45, 7) is 0.835. The molecule has 5 N–H and O–H groups in total. The van der Waals surface area contributed by atoms with Crippen molar-refractivity contribution >= 4 is 5.97 Å². The first kappa shape index (κ1) is 16.0. The summed E-state index contributed by atoms with van der Waals surface area (Å²) in [6, 6.07) is 0. The molecule has 1 heterocycles. The summed E-state index contributed by atoms with van der Waals surface area (Å²) in [7, 11) is 0. The molecule has 0 spiro atoms. The van der Waals surface area contributed by atoms with Crippen LogP contribution in [0.25, 0.3) is 0 Å². The second-order valence-electron chi connectivity index (χ2n) is 4.34. The number of ether oxygens (including phenoxy) is 2. The largest absolute Gasteiger partial charge is 0.478 e. The van der Waals surface area contributed by atoms with Gasteiger partial charge in [-0.1, -0.05) is 0 Å². The van der Waals surface area contributed by atoms with Gasteiger partial charge in [-0.15, -0.1) is 0 Å². The van der Waals surface area contributed by atoms with E-state index in [1.165, 1.54) is 6.92 Å². The van der Waals surface area contributed by atoms with Gasteiger partial charge in [0, 0.05) is 6.08 Å². The Labute approximate surface area is 109 Å². The molecule has 0 bridgehead atoms. The molecule has 0 saturated carbocycles. The van der Waals surface area contributed by atoms with Gasteiger partial charge in [0.05, 0.1) is 13.2 Å².